The monoisotopic (exact) mass is 946 g/mol. The Kier molecular flexibility index (Phi) is 18.7. The molecular formula is C43H51N2O14PS3. The van der Waals surface area contributed by atoms with Crippen molar-refractivity contribution < 1.29 is 63.7 Å². The molecule has 1 aromatic heterocycles. The number of esters is 1. The molecule has 0 atom stereocenters. The maximum atomic E-state index is 13.0. The summed E-state index contributed by atoms with van der Waals surface area (Å²) in [5.41, 5.74) is 0.858. The second kappa shape index (κ2) is 23.4. The lowest BCUT2D eigenvalue weighted by molar-refractivity contribution is 0.0599. The number of nitrogens with zero attached hydrogens (tertiary/aromatic N) is 1. The fourth-order valence-electron chi connectivity index (χ4n) is 5.37. The predicted molar refractivity (Wildman–Crippen MR) is 239 cm³/mol. The van der Waals surface area contributed by atoms with Gasteiger partial charge in [0, 0.05) is 23.1 Å². The molecule has 0 saturated carbocycles. The zero-order chi connectivity index (χ0) is 46.2. The summed E-state index contributed by atoms with van der Waals surface area (Å²) in [5.74, 6) is -1.14. The van der Waals surface area contributed by atoms with Crippen LogP contribution in [0.25, 0.3) is 0 Å². The van der Waals surface area contributed by atoms with Crippen LogP contribution in [0.3, 0.4) is 0 Å². The first-order valence-corrected chi connectivity index (χ1v) is 25.4. The van der Waals surface area contributed by atoms with Crippen LogP contribution in [-0.2, 0) is 44.2 Å². The highest BCUT2D eigenvalue weighted by atomic mass is 32.2. The lowest BCUT2D eigenvalue weighted by atomic mass is 10.2. The lowest BCUT2D eigenvalue weighted by Crippen LogP contribution is -2.15. The summed E-state index contributed by atoms with van der Waals surface area (Å²) in [6, 6.07) is 24.9. The number of methoxy groups -OCH3 is 1. The largest absolute Gasteiger partial charge is 0.491 e. The summed E-state index contributed by atoms with van der Waals surface area (Å²) in [6.45, 7) is 11.3. The molecule has 1 heterocycles. The molecule has 0 spiro atoms. The molecule has 0 unspecified atom stereocenters. The second-order valence-electron chi connectivity index (χ2n) is 13.8. The van der Waals surface area contributed by atoms with Gasteiger partial charge in [-0.15, -0.1) is 11.3 Å². The molecule has 0 aliphatic carbocycles. The molecule has 0 bridgehead atoms. The maximum absolute atomic E-state index is 13.0. The summed E-state index contributed by atoms with van der Waals surface area (Å²) in [4.78, 5) is 29.5. The molecule has 340 valence electrons. The number of anilines is 1. The molecule has 0 saturated heterocycles. The highest BCUT2D eigenvalue weighted by Gasteiger charge is 2.26. The fourth-order valence-corrected chi connectivity index (χ4v) is 9.80. The molecule has 0 radical (unpaired) electrons. The third-order valence-corrected chi connectivity index (χ3v) is 13.6. The molecule has 20 heteroatoms. The number of amides is 1. The molecule has 5 aromatic rings. The second-order valence-corrected chi connectivity index (χ2v) is 20.6. The topological polar surface area (TPSA) is 209 Å². The highest BCUT2D eigenvalue weighted by molar-refractivity contribution is 7.91. The van der Waals surface area contributed by atoms with Crippen LogP contribution in [0.15, 0.2) is 112 Å². The lowest BCUT2D eigenvalue weighted by Gasteiger charge is -2.15. The smallest absolute Gasteiger partial charge is 0.338 e. The van der Waals surface area contributed by atoms with Gasteiger partial charge in [0.25, 0.3) is 5.91 Å². The summed E-state index contributed by atoms with van der Waals surface area (Å²) in [6.07, 6.45) is -0.331. The van der Waals surface area contributed by atoms with Crippen molar-refractivity contribution >= 4 is 55.6 Å². The first-order chi connectivity index (χ1) is 29.8. The van der Waals surface area contributed by atoms with Crippen molar-refractivity contribution in [1.29, 1.82) is 0 Å². The minimum atomic E-state index is -3.71. The van der Waals surface area contributed by atoms with E-state index in [-0.39, 0.29) is 69.1 Å². The first-order valence-electron chi connectivity index (χ1n) is 19.5. The number of aromatic nitrogens is 1. The number of carbonyl (C=O) groups excluding carboxylic acids is 2. The minimum absolute atomic E-state index is 0.0212. The van der Waals surface area contributed by atoms with Crippen LogP contribution in [0.2, 0.25) is 0 Å². The molecule has 0 aliphatic heterocycles. The number of hydrogen-bond donors (Lipinski definition) is 1. The third-order valence-electron chi connectivity index (χ3n) is 7.93. The van der Waals surface area contributed by atoms with Crippen LogP contribution in [0, 0.1) is 0 Å². The summed E-state index contributed by atoms with van der Waals surface area (Å²) in [7, 11) is -9.40. The van der Waals surface area contributed by atoms with Crippen molar-refractivity contribution in [2.45, 2.75) is 69.7 Å². The van der Waals surface area contributed by atoms with Gasteiger partial charge in [-0.3, -0.25) is 14.7 Å². The van der Waals surface area contributed by atoms with Gasteiger partial charge in [-0.25, -0.2) is 26.6 Å². The number of hydrogen-bond acceptors (Lipinski definition) is 16. The maximum Gasteiger partial charge on any atom is 0.338 e. The number of thiazole rings is 1. The predicted octanol–water partition coefficient (Wildman–Crippen LogP) is 8.83. The number of ether oxygens (including phenoxy) is 5. The number of sulfone groups is 2. The van der Waals surface area contributed by atoms with Crippen LogP contribution >= 0.6 is 18.9 Å². The molecular weight excluding hydrogens is 896 g/mol. The van der Waals surface area contributed by atoms with Gasteiger partial charge in [0.1, 0.15) is 23.0 Å². The van der Waals surface area contributed by atoms with E-state index in [0.717, 1.165) is 11.3 Å². The molecule has 5 rings (SSSR count). The molecule has 0 aliphatic rings. The third kappa shape index (κ3) is 16.1. The molecule has 1 N–H and O–H groups in total. The van der Waals surface area contributed by atoms with Crippen LogP contribution < -0.4 is 24.3 Å². The van der Waals surface area contributed by atoms with Gasteiger partial charge >= 0.3 is 13.6 Å². The van der Waals surface area contributed by atoms with E-state index in [9.17, 15) is 31.0 Å². The van der Waals surface area contributed by atoms with Gasteiger partial charge in [0.15, 0.2) is 17.0 Å². The summed E-state index contributed by atoms with van der Waals surface area (Å²) < 4.78 is 100. The van der Waals surface area contributed by atoms with Gasteiger partial charge in [-0.2, -0.15) is 0 Å². The number of rotatable bonds is 21. The van der Waals surface area contributed by atoms with E-state index in [1.165, 1.54) is 67.8 Å². The Balaban J connectivity index is 0.000000302. The SMILES string of the molecule is CCOP(=O)(Cc1csc(NC(=O)c2cc(OCS(=O)(=O)c3ccccc3)cc(OC(C)C)c2)n1)OCC.COC(=O)c1cc(OCS(=O)(=O)c2ccccc2)cc(OC(C)C)c1. The normalized spacial score (nSPS) is 11.6. The van der Waals surface area contributed by atoms with Gasteiger partial charge in [0.05, 0.1) is 59.7 Å². The zero-order valence-corrected chi connectivity index (χ0v) is 39.2. The Hall–Kier alpha value is -5.30. The Bertz CT molecular complexity index is 2540. The van der Waals surface area contributed by atoms with E-state index in [4.69, 9.17) is 32.7 Å². The molecule has 16 nitrogen and oxygen atoms in total. The van der Waals surface area contributed by atoms with Crippen LogP contribution in [0.4, 0.5) is 5.13 Å². The quantitative estimate of drug-likeness (QED) is 0.0538. The average molecular weight is 947 g/mol. The Labute approximate surface area is 372 Å². The van der Waals surface area contributed by atoms with Gasteiger partial charge in [-0.1, -0.05) is 36.4 Å². The van der Waals surface area contributed by atoms with Crippen molar-refractivity contribution in [3.05, 3.63) is 119 Å². The van der Waals surface area contributed by atoms with Crippen LogP contribution in [0.5, 0.6) is 23.0 Å². The van der Waals surface area contributed by atoms with E-state index >= 15 is 0 Å². The molecule has 63 heavy (non-hydrogen) atoms. The van der Waals surface area contributed by atoms with Crippen LogP contribution in [-0.4, -0.2) is 78.1 Å². The van der Waals surface area contributed by atoms with Crippen LogP contribution in [0.1, 0.15) is 68.0 Å². The van der Waals surface area contributed by atoms with E-state index < -0.39 is 51.0 Å². The molecule has 0 fully saturated rings. The van der Waals surface area contributed by atoms with E-state index in [1.54, 1.807) is 55.6 Å². The minimum Gasteiger partial charge on any atom is -0.491 e. The standard InChI is InChI=1S/C25H31N2O8PS2.C18H20O6S/c1-5-33-36(29,34-6-2)15-20-16-37-25(26-20)27-24(28)19-12-21(14-22(13-19)35-18(3)4)32-17-38(30,31)23-10-8-7-9-11-23;1-13(2)24-16-10-14(18(19)22-3)9-15(11-16)23-12-25(20,21)17-7-5-4-6-8-17/h7-14,16,18H,5-6,15,17H2,1-4H3,(H,26,27,28);4-11,13H,12H2,1-3H3. The average Bonchev–Trinajstić information content (AvgIpc) is 3.67. The number of carbonyl (C=O) groups is 2. The van der Waals surface area contributed by atoms with Gasteiger partial charge < -0.3 is 32.7 Å². The molecule has 4 aromatic carbocycles. The fraction of sp³-hybridized carbons (Fsp3) is 0.326. The van der Waals surface area contributed by atoms with Gasteiger partial charge in [0.2, 0.25) is 19.7 Å². The van der Waals surface area contributed by atoms with E-state index in [2.05, 4.69) is 10.3 Å². The number of benzene rings is 4. The van der Waals surface area contributed by atoms with Crippen molar-refractivity contribution in [3.8, 4) is 23.0 Å². The summed E-state index contributed by atoms with van der Waals surface area (Å²) >= 11 is 1.16. The Morgan fingerprint density at radius 2 is 1.13 bits per heavy atom. The van der Waals surface area contributed by atoms with Crippen molar-refractivity contribution in [3.63, 3.8) is 0 Å². The van der Waals surface area contributed by atoms with Crippen molar-refractivity contribution in [1.82, 2.24) is 4.98 Å². The first kappa shape index (κ1) is 50.3. The van der Waals surface area contributed by atoms with E-state index in [0.29, 0.717) is 17.2 Å². The van der Waals surface area contributed by atoms with Crippen molar-refractivity contribution in [2.24, 2.45) is 0 Å². The van der Waals surface area contributed by atoms with E-state index in [1.807, 2.05) is 27.7 Å². The zero-order valence-electron chi connectivity index (χ0n) is 35.8. The highest BCUT2D eigenvalue weighted by Crippen LogP contribution is 2.51. The Morgan fingerprint density at radius 3 is 1.57 bits per heavy atom. The molecule has 1 amide bonds. The number of nitrogens with one attached hydrogen (secondary N) is 1. The van der Waals surface area contributed by atoms with Crippen molar-refractivity contribution in [2.75, 3.05) is 37.5 Å². The Morgan fingerprint density at radius 1 is 0.683 bits per heavy atom. The van der Waals surface area contributed by atoms with Gasteiger partial charge in [-0.05, 0) is 90.1 Å². The summed E-state index contributed by atoms with van der Waals surface area (Å²) in [5, 5.41) is 4.66.